The molecule has 3 heteroatoms. The maximum Gasteiger partial charge on any atom is 0.115 e. The summed E-state index contributed by atoms with van der Waals surface area (Å²) in [5.74, 6) is 0.498. The van der Waals surface area contributed by atoms with E-state index < -0.39 is 5.60 Å². The molecule has 1 aliphatic carbocycles. The number of aliphatic hydroxyl groups is 1. The molecule has 2 N–H and O–H groups in total. The van der Waals surface area contributed by atoms with Crippen molar-refractivity contribution < 1.29 is 10.2 Å². The molecule has 3 nitrogen and oxygen atoms in total. The average molecular weight is 263 g/mol. The summed E-state index contributed by atoms with van der Waals surface area (Å²) in [6.45, 7) is 1.95. The van der Waals surface area contributed by atoms with Gasteiger partial charge in [0.05, 0.1) is 5.60 Å². The molecule has 1 aliphatic rings. The lowest BCUT2D eigenvalue weighted by atomic mass is 9.71. The number of phenols is 1. The Kier molecular flexibility index (Phi) is 4.16. The van der Waals surface area contributed by atoms with Gasteiger partial charge in [-0.15, -0.1) is 0 Å². The topological polar surface area (TPSA) is 43.7 Å². The Balaban J connectivity index is 2.34. The highest BCUT2D eigenvalue weighted by Crippen LogP contribution is 2.43. The SMILES string of the molecule is CN(C)C(c1cccc(O)c1)[C@@H]1CCCC[C@@]1(C)O. The summed E-state index contributed by atoms with van der Waals surface area (Å²) < 4.78 is 0. The van der Waals surface area contributed by atoms with Crippen molar-refractivity contribution in [3.63, 3.8) is 0 Å². The molecule has 0 aliphatic heterocycles. The molecule has 1 saturated carbocycles. The Bertz CT molecular complexity index is 429. The predicted molar refractivity (Wildman–Crippen MR) is 77.1 cm³/mol. The summed E-state index contributed by atoms with van der Waals surface area (Å²) in [5.41, 5.74) is 0.454. The van der Waals surface area contributed by atoms with Crippen molar-refractivity contribution in [2.45, 2.75) is 44.2 Å². The van der Waals surface area contributed by atoms with Crippen molar-refractivity contribution in [3.8, 4) is 5.75 Å². The van der Waals surface area contributed by atoms with E-state index in [1.54, 1.807) is 6.07 Å². The normalized spacial score (nSPS) is 29.4. The first kappa shape index (κ1) is 14.4. The fourth-order valence-electron chi connectivity index (χ4n) is 3.44. The van der Waals surface area contributed by atoms with Crippen LogP contribution in [0.3, 0.4) is 0 Å². The molecule has 106 valence electrons. The van der Waals surface area contributed by atoms with Gasteiger partial charge in [0.25, 0.3) is 0 Å². The van der Waals surface area contributed by atoms with E-state index in [-0.39, 0.29) is 12.0 Å². The third-order valence-corrected chi connectivity index (χ3v) is 4.40. The molecule has 1 aromatic rings. The summed E-state index contributed by atoms with van der Waals surface area (Å²) in [4.78, 5) is 2.15. The van der Waals surface area contributed by atoms with E-state index in [1.165, 1.54) is 6.42 Å². The average Bonchev–Trinajstić information content (AvgIpc) is 2.31. The fourth-order valence-corrected chi connectivity index (χ4v) is 3.44. The van der Waals surface area contributed by atoms with Crippen LogP contribution in [0.25, 0.3) is 0 Å². The largest absolute Gasteiger partial charge is 0.508 e. The minimum absolute atomic E-state index is 0.141. The quantitative estimate of drug-likeness (QED) is 0.881. The van der Waals surface area contributed by atoms with Gasteiger partial charge >= 0.3 is 0 Å². The fraction of sp³-hybridized carbons (Fsp3) is 0.625. The Hall–Kier alpha value is -1.06. The van der Waals surface area contributed by atoms with Gasteiger partial charge in [0.1, 0.15) is 5.75 Å². The van der Waals surface area contributed by atoms with Gasteiger partial charge in [-0.3, -0.25) is 0 Å². The summed E-state index contributed by atoms with van der Waals surface area (Å²) in [6.07, 6.45) is 4.17. The highest BCUT2D eigenvalue weighted by Gasteiger charge is 2.40. The van der Waals surface area contributed by atoms with E-state index in [0.29, 0.717) is 5.75 Å². The van der Waals surface area contributed by atoms with Crippen LogP contribution in [0.1, 0.15) is 44.2 Å². The molecule has 2 rings (SSSR count). The zero-order valence-corrected chi connectivity index (χ0v) is 12.1. The second-order valence-corrected chi connectivity index (χ2v) is 6.21. The molecule has 0 radical (unpaired) electrons. The lowest BCUT2D eigenvalue weighted by Crippen LogP contribution is -2.44. The summed E-state index contributed by atoms with van der Waals surface area (Å²) >= 11 is 0. The van der Waals surface area contributed by atoms with Crippen LogP contribution in [0.2, 0.25) is 0 Å². The standard InChI is InChI=1S/C16H25NO2/c1-16(19)10-5-4-9-14(16)15(17(2)3)12-7-6-8-13(18)11-12/h6-8,11,14-15,18-19H,4-5,9-10H2,1-3H3/t14-,15?,16+/m0/s1. The van der Waals surface area contributed by atoms with Crippen LogP contribution < -0.4 is 0 Å². The molecule has 0 amide bonds. The monoisotopic (exact) mass is 263 g/mol. The predicted octanol–water partition coefficient (Wildman–Crippen LogP) is 2.94. The van der Waals surface area contributed by atoms with Crippen molar-refractivity contribution in [1.82, 2.24) is 4.90 Å². The van der Waals surface area contributed by atoms with E-state index >= 15 is 0 Å². The summed E-state index contributed by atoms with van der Waals surface area (Å²) in [6, 6.07) is 7.56. The van der Waals surface area contributed by atoms with Crippen molar-refractivity contribution in [2.24, 2.45) is 5.92 Å². The van der Waals surface area contributed by atoms with Crippen LogP contribution in [-0.2, 0) is 0 Å². The van der Waals surface area contributed by atoms with Gasteiger partial charge in [-0.25, -0.2) is 0 Å². The first-order chi connectivity index (χ1) is 8.92. The van der Waals surface area contributed by atoms with Gasteiger partial charge in [-0.2, -0.15) is 0 Å². The molecule has 1 aromatic carbocycles. The first-order valence-electron chi connectivity index (χ1n) is 7.09. The molecule has 0 saturated heterocycles. The van der Waals surface area contributed by atoms with Crippen LogP contribution in [0.4, 0.5) is 0 Å². The van der Waals surface area contributed by atoms with Gasteiger partial charge in [0, 0.05) is 12.0 Å². The Morgan fingerprint density at radius 3 is 2.63 bits per heavy atom. The second kappa shape index (κ2) is 5.51. The minimum atomic E-state index is -0.626. The van der Waals surface area contributed by atoms with E-state index in [4.69, 9.17) is 0 Å². The van der Waals surface area contributed by atoms with Gasteiger partial charge in [0.2, 0.25) is 0 Å². The highest BCUT2D eigenvalue weighted by molar-refractivity contribution is 5.30. The van der Waals surface area contributed by atoms with Crippen molar-refractivity contribution >= 4 is 0 Å². The lowest BCUT2D eigenvalue weighted by Gasteiger charge is -2.44. The number of hydrogen-bond acceptors (Lipinski definition) is 3. The third-order valence-electron chi connectivity index (χ3n) is 4.40. The van der Waals surface area contributed by atoms with Crippen LogP contribution in [0.5, 0.6) is 5.75 Å². The van der Waals surface area contributed by atoms with Crippen molar-refractivity contribution in [1.29, 1.82) is 0 Å². The molecular weight excluding hydrogens is 238 g/mol. The summed E-state index contributed by atoms with van der Waals surface area (Å²) in [5, 5.41) is 20.4. The van der Waals surface area contributed by atoms with E-state index in [2.05, 4.69) is 4.90 Å². The molecule has 0 spiro atoms. The number of phenolic OH excluding ortho intramolecular Hbond substituents is 1. The smallest absolute Gasteiger partial charge is 0.115 e. The Morgan fingerprint density at radius 2 is 2.05 bits per heavy atom. The molecule has 0 aromatic heterocycles. The van der Waals surface area contributed by atoms with E-state index in [1.807, 2.05) is 39.2 Å². The number of benzene rings is 1. The van der Waals surface area contributed by atoms with Crippen LogP contribution >= 0.6 is 0 Å². The second-order valence-electron chi connectivity index (χ2n) is 6.21. The lowest BCUT2D eigenvalue weighted by molar-refractivity contribution is -0.0631. The van der Waals surface area contributed by atoms with Crippen LogP contribution in [0, 0.1) is 5.92 Å². The van der Waals surface area contributed by atoms with Crippen molar-refractivity contribution in [2.75, 3.05) is 14.1 Å². The van der Waals surface area contributed by atoms with Gasteiger partial charge in [-0.05, 0) is 51.6 Å². The summed E-state index contributed by atoms with van der Waals surface area (Å²) in [7, 11) is 4.08. The zero-order chi connectivity index (χ0) is 14.0. The molecule has 1 unspecified atom stereocenters. The maximum atomic E-state index is 10.7. The van der Waals surface area contributed by atoms with Gasteiger partial charge in [-0.1, -0.05) is 25.0 Å². The van der Waals surface area contributed by atoms with E-state index in [9.17, 15) is 10.2 Å². The number of nitrogens with zero attached hydrogens (tertiary/aromatic N) is 1. The maximum absolute atomic E-state index is 10.7. The number of aromatic hydroxyl groups is 1. The van der Waals surface area contributed by atoms with Crippen LogP contribution in [0.15, 0.2) is 24.3 Å². The molecule has 3 atom stereocenters. The molecule has 0 heterocycles. The zero-order valence-electron chi connectivity index (χ0n) is 12.1. The van der Waals surface area contributed by atoms with Crippen molar-refractivity contribution in [3.05, 3.63) is 29.8 Å². The van der Waals surface area contributed by atoms with Crippen LogP contribution in [-0.4, -0.2) is 34.8 Å². The molecular formula is C16H25NO2. The van der Waals surface area contributed by atoms with Gasteiger partial charge in [0.15, 0.2) is 0 Å². The Morgan fingerprint density at radius 1 is 1.32 bits per heavy atom. The number of hydrogen-bond donors (Lipinski definition) is 2. The molecule has 0 bridgehead atoms. The molecule has 1 fully saturated rings. The van der Waals surface area contributed by atoms with E-state index in [0.717, 1.165) is 24.8 Å². The highest BCUT2D eigenvalue weighted by atomic mass is 16.3. The first-order valence-corrected chi connectivity index (χ1v) is 7.09. The third kappa shape index (κ3) is 3.10. The Labute approximate surface area is 115 Å². The van der Waals surface area contributed by atoms with Gasteiger partial charge < -0.3 is 15.1 Å². The minimum Gasteiger partial charge on any atom is -0.508 e. The number of rotatable bonds is 3. The molecule has 19 heavy (non-hydrogen) atoms.